The van der Waals surface area contributed by atoms with E-state index in [0.29, 0.717) is 25.6 Å². The van der Waals surface area contributed by atoms with Crippen LogP contribution in [0.25, 0.3) is 0 Å². The molecule has 0 bridgehead atoms. The lowest BCUT2D eigenvalue weighted by molar-refractivity contribution is -0.121. The van der Waals surface area contributed by atoms with E-state index >= 15 is 0 Å². The smallest absolute Gasteiger partial charge is 0.149 e. The lowest BCUT2D eigenvalue weighted by atomic mass is 9.94. The molecule has 1 aliphatic heterocycles. The van der Waals surface area contributed by atoms with Crippen molar-refractivity contribution in [2.45, 2.75) is 45.3 Å². The highest BCUT2D eigenvalue weighted by Gasteiger charge is 2.22. The van der Waals surface area contributed by atoms with Crippen LogP contribution in [0.5, 0.6) is 0 Å². The van der Waals surface area contributed by atoms with E-state index in [9.17, 15) is 4.79 Å². The molecule has 1 aliphatic rings. The van der Waals surface area contributed by atoms with Crippen molar-refractivity contribution in [1.29, 1.82) is 0 Å². The van der Waals surface area contributed by atoms with Gasteiger partial charge in [-0.25, -0.2) is 0 Å². The van der Waals surface area contributed by atoms with Crippen molar-refractivity contribution in [1.82, 2.24) is 5.32 Å². The normalized spacial score (nSPS) is 19.8. The first-order chi connectivity index (χ1) is 9.20. The minimum Gasteiger partial charge on any atom is -0.373 e. The third-order valence-electron chi connectivity index (χ3n) is 3.77. The molecule has 104 valence electrons. The standard InChI is InChI=1S/C16H23NO2/c1-3-12(2)17-11-14(18)10-16-15-7-5-4-6-13(15)8-9-19-16/h4-7,12,16-17H,3,8-11H2,1-2H3. The van der Waals surface area contributed by atoms with Gasteiger partial charge in [-0.3, -0.25) is 4.79 Å². The van der Waals surface area contributed by atoms with Crippen LogP contribution in [0.1, 0.15) is 43.9 Å². The fourth-order valence-electron chi connectivity index (χ4n) is 2.36. The number of hydrogen-bond acceptors (Lipinski definition) is 3. The number of benzene rings is 1. The number of nitrogens with one attached hydrogen (secondary N) is 1. The summed E-state index contributed by atoms with van der Waals surface area (Å²) in [6.07, 6.45) is 2.40. The predicted molar refractivity (Wildman–Crippen MR) is 76.2 cm³/mol. The third-order valence-corrected chi connectivity index (χ3v) is 3.77. The predicted octanol–water partition coefficient (Wildman–Crippen LogP) is 2.65. The maximum Gasteiger partial charge on any atom is 0.149 e. The van der Waals surface area contributed by atoms with E-state index < -0.39 is 0 Å². The molecular formula is C16H23NO2. The average molecular weight is 261 g/mol. The fraction of sp³-hybridized carbons (Fsp3) is 0.562. The molecule has 0 spiro atoms. The summed E-state index contributed by atoms with van der Waals surface area (Å²) in [4.78, 5) is 12.0. The number of hydrogen-bond donors (Lipinski definition) is 1. The number of carbonyl (C=O) groups is 1. The number of fused-ring (bicyclic) bond motifs is 1. The number of Topliss-reactive ketones (excluding diaryl/α,β-unsaturated/α-hetero) is 1. The van der Waals surface area contributed by atoms with E-state index in [1.165, 1.54) is 11.1 Å². The summed E-state index contributed by atoms with van der Waals surface area (Å²) in [5, 5.41) is 3.24. The van der Waals surface area contributed by atoms with Crippen molar-refractivity contribution < 1.29 is 9.53 Å². The zero-order valence-electron chi connectivity index (χ0n) is 11.8. The summed E-state index contributed by atoms with van der Waals surface area (Å²) >= 11 is 0. The Morgan fingerprint density at radius 1 is 1.47 bits per heavy atom. The fourth-order valence-corrected chi connectivity index (χ4v) is 2.36. The lowest BCUT2D eigenvalue weighted by Gasteiger charge is -2.25. The molecule has 2 atom stereocenters. The van der Waals surface area contributed by atoms with Crippen molar-refractivity contribution in [3.8, 4) is 0 Å². The van der Waals surface area contributed by atoms with Gasteiger partial charge in [-0.2, -0.15) is 0 Å². The second-order valence-corrected chi connectivity index (χ2v) is 5.24. The quantitative estimate of drug-likeness (QED) is 0.855. The maximum absolute atomic E-state index is 12.0. The first kappa shape index (κ1) is 14.2. The summed E-state index contributed by atoms with van der Waals surface area (Å²) in [7, 11) is 0. The van der Waals surface area contributed by atoms with Crippen LogP contribution in [-0.2, 0) is 16.0 Å². The molecule has 1 N–H and O–H groups in total. The zero-order chi connectivity index (χ0) is 13.7. The molecule has 2 rings (SSSR count). The molecular weight excluding hydrogens is 238 g/mol. The first-order valence-electron chi connectivity index (χ1n) is 7.15. The molecule has 1 aromatic carbocycles. The highest BCUT2D eigenvalue weighted by Crippen LogP contribution is 2.29. The van der Waals surface area contributed by atoms with Gasteiger partial charge in [-0.05, 0) is 30.9 Å². The molecule has 0 radical (unpaired) electrons. The number of rotatable bonds is 6. The molecule has 0 fully saturated rings. The molecule has 0 saturated heterocycles. The van der Waals surface area contributed by atoms with Gasteiger partial charge in [0, 0.05) is 12.5 Å². The van der Waals surface area contributed by atoms with Crippen LogP contribution in [0.2, 0.25) is 0 Å². The Kier molecular flexibility index (Phi) is 5.11. The van der Waals surface area contributed by atoms with Gasteiger partial charge in [-0.15, -0.1) is 0 Å². The largest absolute Gasteiger partial charge is 0.373 e. The summed E-state index contributed by atoms with van der Waals surface area (Å²) in [6.45, 7) is 5.37. The van der Waals surface area contributed by atoms with E-state index in [1.807, 2.05) is 12.1 Å². The average Bonchev–Trinajstić information content (AvgIpc) is 2.45. The van der Waals surface area contributed by atoms with Crippen molar-refractivity contribution >= 4 is 5.78 Å². The molecule has 2 unspecified atom stereocenters. The van der Waals surface area contributed by atoms with E-state index in [-0.39, 0.29) is 11.9 Å². The SMILES string of the molecule is CCC(C)NCC(=O)CC1OCCc2ccccc21. The van der Waals surface area contributed by atoms with Crippen LogP contribution in [0, 0.1) is 0 Å². The molecule has 1 aromatic rings. The van der Waals surface area contributed by atoms with E-state index in [4.69, 9.17) is 4.74 Å². The van der Waals surface area contributed by atoms with Crippen LogP contribution in [0.3, 0.4) is 0 Å². The van der Waals surface area contributed by atoms with Gasteiger partial charge < -0.3 is 10.1 Å². The Morgan fingerprint density at radius 3 is 3.05 bits per heavy atom. The van der Waals surface area contributed by atoms with Crippen LogP contribution >= 0.6 is 0 Å². The molecule has 1 heterocycles. The minimum absolute atomic E-state index is 0.0591. The number of ether oxygens (including phenoxy) is 1. The van der Waals surface area contributed by atoms with Crippen molar-refractivity contribution in [2.24, 2.45) is 0 Å². The highest BCUT2D eigenvalue weighted by atomic mass is 16.5. The number of ketones is 1. The molecule has 3 nitrogen and oxygen atoms in total. The monoisotopic (exact) mass is 261 g/mol. The Balaban J connectivity index is 1.91. The van der Waals surface area contributed by atoms with Gasteiger partial charge in [0.15, 0.2) is 0 Å². The summed E-state index contributed by atoms with van der Waals surface area (Å²) in [5.74, 6) is 0.224. The summed E-state index contributed by atoms with van der Waals surface area (Å²) < 4.78 is 5.76. The van der Waals surface area contributed by atoms with Gasteiger partial charge in [0.25, 0.3) is 0 Å². The third kappa shape index (κ3) is 3.88. The molecule has 3 heteroatoms. The Hall–Kier alpha value is -1.19. The van der Waals surface area contributed by atoms with Gasteiger partial charge >= 0.3 is 0 Å². The summed E-state index contributed by atoms with van der Waals surface area (Å²) in [5.41, 5.74) is 2.51. The van der Waals surface area contributed by atoms with E-state index in [0.717, 1.165) is 12.8 Å². The second-order valence-electron chi connectivity index (χ2n) is 5.24. The first-order valence-corrected chi connectivity index (χ1v) is 7.15. The summed E-state index contributed by atoms with van der Waals surface area (Å²) in [6, 6.07) is 8.67. The van der Waals surface area contributed by atoms with Gasteiger partial charge in [0.2, 0.25) is 0 Å². The zero-order valence-corrected chi connectivity index (χ0v) is 11.8. The Labute approximate surface area is 115 Å². The Bertz CT molecular complexity index is 431. The molecule has 0 saturated carbocycles. The maximum atomic E-state index is 12.0. The van der Waals surface area contributed by atoms with Crippen LogP contribution in [-0.4, -0.2) is 25.0 Å². The van der Waals surface area contributed by atoms with Crippen LogP contribution < -0.4 is 5.32 Å². The Morgan fingerprint density at radius 2 is 2.26 bits per heavy atom. The van der Waals surface area contributed by atoms with Crippen molar-refractivity contribution in [2.75, 3.05) is 13.2 Å². The number of carbonyl (C=O) groups excluding carboxylic acids is 1. The van der Waals surface area contributed by atoms with Crippen molar-refractivity contribution in [3.63, 3.8) is 0 Å². The van der Waals surface area contributed by atoms with E-state index in [1.54, 1.807) is 0 Å². The van der Waals surface area contributed by atoms with E-state index in [2.05, 4.69) is 31.3 Å². The molecule has 0 amide bonds. The molecule has 0 aromatic heterocycles. The van der Waals surface area contributed by atoms with Gasteiger partial charge in [-0.1, -0.05) is 31.2 Å². The molecule has 0 aliphatic carbocycles. The van der Waals surface area contributed by atoms with Crippen LogP contribution in [0.15, 0.2) is 24.3 Å². The second kappa shape index (κ2) is 6.83. The van der Waals surface area contributed by atoms with Gasteiger partial charge in [0.1, 0.15) is 5.78 Å². The highest BCUT2D eigenvalue weighted by molar-refractivity contribution is 5.81. The van der Waals surface area contributed by atoms with Gasteiger partial charge in [0.05, 0.1) is 19.3 Å². The minimum atomic E-state index is -0.0591. The molecule has 19 heavy (non-hydrogen) atoms. The van der Waals surface area contributed by atoms with Crippen LogP contribution in [0.4, 0.5) is 0 Å². The lowest BCUT2D eigenvalue weighted by Crippen LogP contribution is -2.32. The topological polar surface area (TPSA) is 38.3 Å². The van der Waals surface area contributed by atoms with Crippen molar-refractivity contribution in [3.05, 3.63) is 35.4 Å².